The van der Waals surface area contributed by atoms with Crippen molar-refractivity contribution in [3.05, 3.63) is 0 Å². The Morgan fingerprint density at radius 3 is 2.25 bits per heavy atom. The SMILES string of the molecule is CCOC(=O)OC.[LiH]. The topological polar surface area (TPSA) is 35.5 Å². The van der Waals surface area contributed by atoms with Gasteiger partial charge in [-0.05, 0) is 6.92 Å². The van der Waals surface area contributed by atoms with Crippen LogP contribution in [0.2, 0.25) is 0 Å². The van der Waals surface area contributed by atoms with Gasteiger partial charge in [0.25, 0.3) is 0 Å². The van der Waals surface area contributed by atoms with E-state index in [9.17, 15) is 4.79 Å². The molecule has 0 aromatic heterocycles. The van der Waals surface area contributed by atoms with Crippen LogP contribution >= 0.6 is 0 Å². The molecule has 0 aliphatic heterocycles. The summed E-state index contributed by atoms with van der Waals surface area (Å²) in [6.07, 6.45) is -0.623. The van der Waals surface area contributed by atoms with Gasteiger partial charge in [0.05, 0.1) is 13.7 Å². The molecule has 0 fully saturated rings. The van der Waals surface area contributed by atoms with E-state index in [1.54, 1.807) is 6.92 Å². The molecule has 0 bridgehead atoms. The first-order valence-corrected chi connectivity index (χ1v) is 2.02. The molecule has 0 aromatic carbocycles. The van der Waals surface area contributed by atoms with Crippen molar-refractivity contribution in [3.8, 4) is 0 Å². The second-order valence-corrected chi connectivity index (χ2v) is 0.887. The predicted molar refractivity (Wildman–Crippen MR) is 31.2 cm³/mol. The molecule has 0 spiro atoms. The summed E-state index contributed by atoms with van der Waals surface area (Å²) in [6, 6.07) is 0. The molecule has 0 aromatic rings. The molecule has 0 atom stereocenters. The molecule has 0 amide bonds. The van der Waals surface area contributed by atoms with Gasteiger partial charge in [0.1, 0.15) is 0 Å². The number of carbonyl (C=O) groups is 1. The summed E-state index contributed by atoms with van der Waals surface area (Å²) in [5, 5.41) is 0. The zero-order valence-electron chi connectivity index (χ0n) is 4.43. The number of carbonyl (C=O) groups excluding carboxylic acids is 1. The van der Waals surface area contributed by atoms with Crippen LogP contribution in [0.25, 0.3) is 0 Å². The van der Waals surface area contributed by atoms with Crippen molar-refractivity contribution in [3.63, 3.8) is 0 Å². The normalized spacial score (nSPS) is 6.75. The standard InChI is InChI=1S/C4H8O3.Li.H/c1-3-7-4(5)6-2;;/h3H2,1-2H3;;. The summed E-state index contributed by atoms with van der Waals surface area (Å²) < 4.78 is 8.46. The van der Waals surface area contributed by atoms with Gasteiger partial charge in [0.2, 0.25) is 0 Å². The van der Waals surface area contributed by atoms with E-state index in [2.05, 4.69) is 9.47 Å². The monoisotopic (exact) mass is 112 g/mol. The van der Waals surface area contributed by atoms with Crippen LogP contribution in [0.5, 0.6) is 0 Å². The van der Waals surface area contributed by atoms with Crippen molar-refractivity contribution in [1.82, 2.24) is 0 Å². The van der Waals surface area contributed by atoms with Crippen LogP contribution in [0.1, 0.15) is 6.92 Å². The van der Waals surface area contributed by atoms with Crippen molar-refractivity contribution in [2.45, 2.75) is 6.92 Å². The molecule has 0 saturated heterocycles. The molecular formula is C4H9LiO3. The zero-order valence-corrected chi connectivity index (χ0v) is 4.43. The van der Waals surface area contributed by atoms with Crippen LogP contribution in [-0.4, -0.2) is 38.7 Å². The van der Waals surface area contributed by atoms with E-state index in [1.165, 1.54) is 7.11 Å². The Balaban J connectivity index is 0. The Hall–Kier alpha value is -0.133. The van der Waals surface area contributed by atoms with Crippen LogP contribution in [0.15, 0.2) is 0 Å². The number of methoxy groups -OCH3 is 1. The summed E-state index contributed by atoms with van der Waals surface area (Å²) in [4.78, 5) is 9.97. The van der Waals surface area contributed by atoms with Gasteiger partial charge in [-0.25, -0.2) is 4.79 Å². The molecule has 4 heteroatoms. The first-order chi connectivity index (χ1) is 3.31. The number of hydrogen-bond donors (Lipinski definition) is 0. The third-order valence-corrected chi connectivity index (χ3v) is 0.429. The molecule has 0 radical (unpaired) electrons. The minimum absolute atomic E-state index is 0. The van der Waals surface area contributed by atoms with E-state index in [4.69, 9.17) is 0 Å². The average molecular weight is 112 g/mol. The maximum absolute atomic E-state index is 9.97. The summed E-state index contributed by atoms with van der Waals surface area (Å²) in [5.74, 6) is 0. The molecule has 3 nitrogen and oxygen atoms in total. The van der Waals surface area contributed by atoms with Crippen LogP contribution in [0, 0.1) is 0 Å². The van der Waals surface area contributed by atoms with Crippen LogP contribution in [-0.2, 0) is 9.47 Å². The van der Waals surface area contributed by atoms with Crippen LogP contribution in [0.3, 0.4) is 0 Å². The van der Waals surface area contributed by atoms with E-state index in [0.717, 1.165) is 0 Å². The fourth-order valence-electron chi connectivity index (χ4n) is 0.177. The van der Waals surface area contributed by atoms with Crippen molar-refractivity contribution < 1.29 is 14.3 Å². The fraction of sp³-hybridized carbons (Fsp3) is 0.750. The quantitative estimate of drug-likeness (QED) is 0.357. The Labute approximate surface area is 60.5 Å². The Kier molecular flexibility index (Phi) is 9.25. The van der Waals surface area contributed by atoms with Crippen molar-refractivity contribution in [1.29, 1.82) is 0 Å². The average Bonchev–Trinajstić information content (AvgIpc) is 1.68. The minimum atomic E-state index is -0.623. The van der Waals surface area contributed by atoms with Gasteiger partial charge in [0.15, 0.2) is 0 Å². The van der Waals surface area contributed by atoms with Gasteiger partial charge in [-0.1, -0.05) is 0 Å². The van der Waals surface area contributed by atoms with Crippen LogP contribution < -0.4 is 0 Å². The predicted octanol–water partition coefficient (Wildman–Crippen LogP) is 0.141. The number of ether oxygens (including phenoxy) is 2. The number of rotatable bonds is 1. The molecule has 44 valence electrons. The first kappa shape index (κ1) is 10.8. The van der Waals surface area contributed by atoms with E-state index in [1.807, 2.05) is 0 Å². The molecule has 0 N–H and O–H groups in total. The molecular weight excluding hydrogens is 103 g/mol. The molecule has 0 rings (SSSR count). The summed E-state index contributed by atoms with van der Waals surface area (Å²) in [5.41, 5.74) is 0. The van der Waals surface area contributed by atoms with Crippen molar-refractivity contribution >= 4 is 25.0 Å². The van der Waals surface area contributed by atoms with E-state index in [0.29, 0.717) is 6.61 Å². The molecule has 0 saturated carbocycles. The molecule has 8 heavy (non-hydrogen) atoms. The van der Waals surface area contributed by atoms with Gasteiger partial charge in [0, 0.05) is 0 Å². The Morgan fingerprint density at radius 2 is 2.12 bits per heavy atom. The molecule has 0 aliphatic carbocycles. The first-order valence-electron chi connectivity index (χ1n) is 2.02. The van der Waals surface area contributed by atoms with E-state index < -0.39 is 6.16 Å². The second-order valence-electron chi connectivity index (χ2n) is 0.887. The summed E-state index contributed by atoms with van der Waals surface area (Å²) in [6.45, 7) is 2.09. The third kappa shape index (κ3) is 5.87. The maximum atomic E-state index is 9.97. The summed E-state index contributed by atoms with van der Waals surface area (Å²) in [7, 11) is 1.28. The van der Waals surface area contributed by atoms with E-state index >= 15 is 0 Å². The van der Waals surface area contributed by atoms with Gasteiger partial charge in [-0.3, -0.25) is 0 Å². The second kappa shape index (κ2) is 6.87. The fourth-order valence-corrected chi connectivity index (χ4v) is 0.177. The molecule has 0 unspecified atom stereocenters. The van der Waals surface area contributed by atoms with Crippen molar-refractivity contribution in [2.24, 2.45) is 0 Å². The van der Waals surface area contributed by atoms with E-state index in [-0.39, 0.29) is 18.9 Å². The van der Waals surface area contributed by atoms with Gasteiger partial charge < -0.3 is 9.47 Å². The van der Waals surface area contributed by atoms with Gasteiger partial charge in [-0.2, -0.15) is 0 Å². The molecule has 0 aliphatic rings. The molecule has 0 heterocycles. The Bertz CT molecular complexity index is 64.3. The zero-order chi connectivity index (χ0) is 5.70. The third-order valence-electron chi connectivity index (χ3n) is 0.429. The van der Waals surface area contributed by atoms with Crippen molar-refractivity contribution in [2.75, 3.05) is 13.7 Å². The van der Waals surface area contributed by atoms with Gasteiger partial charge in [-0.15, -0.1) is 0 Å². The Morgan fingerprint density at radius 1 is 1.62 bits per heavy atom. The van der Waals surface area contributed by atoms with Gasteiger partial charge >= 0.3 is 25.0 Å². The number of hydrogen-bond acceptors (Lipinski definition) is 3. The summed E-state index contributed by atoms with van der Waals surface area (Å²) >= 11 is 0. The van der Waals surface area contributed by atoms with Crippen LogP contribution in [0.4, 0.5) is 4.79 Å².